The van der Waals surface area contributed by atoms with E-state index in [1.54, 1.807) is 0 Å². The Morgan fingerprint density at radius 3 is 1.92 bits per heavy atom. The monoisotopic (exact) mass is 195 g/mol. The molecule has 2 rings (SSSR count). The van der Waals surface area contributed by atoms with Crippen LogP contribution in [0.1, 0.15) is 12.8 Å². The highest BCUT2D eigenvalue weighted by Crippen LogP contribution is 2.51. The Labute approximate surface area is 74.1 Å². The van der Waals surface area contributed by atoms with Crippen LogP contribution in [-0.2, 0) is 0 Å². The molecule has 0 radical (unpaired) electrons. The van der Waals surface area contributed by atoms with E-state index in [1.807, 2.05) is 0 Å². The number of halogens is 3. The van der Waals surface area contributed by atoms with E-state index in [1.165, 1.54) is 0 Å². The zero-order valence-electron chi connectivity index (χ0n) is 7.06. The van der Waals surface area contributed by atoms with Crippen molar-refractivity contribution >= 4 is 0 Å². The van der Waals surface area contributed by atoms with Crippen LogP contribution in [0.4, 0.5) is 13.2 Å². The summed E-state index contributed by atoms with van der Waals surface area (Å²) in [5.74, 6) is -1.29. The van der Waals surface area contributed by atoms with Gasteiger partial charge in [0, 0.05) is 24.9 Å². The molecule has 1 aliphatic carbocycles. The first-order valence-electron chi connectivity index (χ1n) is 4.46. The molecule has 0 aromatic carbocycles. The van der Waals surface area contributed by atoms with Crippen molar-refractivity contribution in [2.45, 2.75) is 24.6 Å². The van der Waals surface area contributed by atoms with E-state index >= 15 is 0 Å². The van der Waals surface area contributed by atoms with E-state index in [0.29, 0.717) is 12.8 Å². The van der Waals surface area contributed by atoms with Crippen LogP contribution in [-0.4, -0.2) is 30.0 Å². The third-order valence-corrected chi connectivity index (χ3v) is 3.34. The fraction of sp³-hybridized carbons (Fsp3) is 1.00. The first-order valence-corrected chi connectivity index (χ1v) is 4.46. The summed E-state index contributed by atoms with van der Waals surface area (Å²) in [6, 6.07) is 0. The molecule has 76 valence electrons. The van der Waals surface area contributed by atoms with Gasteiger partial charge in [0.2, 0.25) is 0 Å². The van der Waals surface area contributed by atoms with E-state index in [-0.39, 0.29) is 13.1 Å². The maximum absolute atomic E-state index is 12.6. The molecule has 1 heterocycles. The second-order valence-electron chi connectivity index (χ2n) is 3.95. The average Bonchev–Trinajstić information content (AvgIpc) is 2.26. The van der Waals surface area contributed by atoms with Crippen molar-refractivity contribution in [2.24, 2.45) is 11.8 Å². The van der Waals surface area contributed by atoms with Gasteiger partial charge >= 0.3 is 6.18 Å². The van der Waals surface area contributed by atoms with E-state index in [4.69, 9.17) is 0 Å². The van der Waals surface area contributed by atoms with Gasteiger partial charge in [-0.1, -0.05) is 0 Å². The number of nitrogens with one attached hydrogen (secondary N) is 1. The Bertz CT molecular complexity index is 200. The highest BCUT2D eigenvalue weighted by molar-refractivity contribution is 5.07. The number of piperidine rings is 1. The lowest BCUT2D eigenvalue weighted by atomic mass is 9.80. The largest absolute Gasteiger partial charge is 0.417 e. The minimum Gasteiger partial charge on any atom is -0.380 e. The quantitative estimate of drug-likeness (QED) is 0.602. The van der Waals surface area contributed by atoms with E-state index in [0.717, 1.165) is 0 Å². The average molecular weight is 195 g/mol. The van der Waals surface area contributed by atoms with Gasteiger partial charge in [-0.3, -0.25) is 0 Å². The standard InChI is InChI=1S/C8H12F3NO/c9-8(10,11)7(13)5-1-2-6(7)4-12-3-5/h5-6,12-13H,1-4H2/t5-,6+,7?. The third-order valence-electron chi connectivity index (χ3n) is 3.34. The van der Waals surface area contributed by atoms with Gasteiger partial charge in [-0.15, -0.1) is 0 Å². The molecule has 5 heteroatoms. The van der Waals surface area contributed by atoms with Crippen LogP contribution in [0.5, 0.6) is 0 Å². The van der Waals surface area contributed by atoms with Crippen molar-refractivity contribution in [3.63, 3.8) is 0 Å². The number of aliphatic hydroxyl groups is 1. The summed E-state index contributed by atoms with van der Waals surface area (Å²) in [4.78, 5) is 0. The van der Waals surface area contributed by atoms with Gasteiger partial charge in [-0.25, -0.2) is 0 Å². The van der Waals surface area contributed by atoms with Crippen LogP contribution in [0.25, 0.3) is 0 Å². The molecule has 1 saturated carbocycles. The summed E-state index contributed by atoms with van der Waals surface area (Å²) >= 11 is 0. The number of alkyl halides is 3. The lowest BCUT2D eigenvalue weighted by Gasteiger charge is -2.40. The van der Waals surface area contributed by atoms with Crippen LogP contribution in [0.15, 0.2) is 0 Å². The van der Waals surface area contributed by atoms with Crippen molar-refractivity contribution in [1.29, 1.82) is 0 Å². The second kappa shape index (κ2) is 2.60. The van der Waals surface area contributed by atoms with Gasteiger partial charge in [0.05, 0.1) is 0 Å². The first kappa shape index (κ1) is 9.27. The Morgan fingerprint density at radius 2 is 1.62 bits per heavy atom. The van der Waals surface area contributed by atoms with E-state index < -0.39 is 23.6 Å². The second-order valence-corrected chi connectivity index (χ2v) is 3.95. The van der Waals surface area contributed by atoms with Gasteiger partial charge in [-0.05, 0) is 12.8 Å². The maximum atomic E-state index is 12.6. The minimum atomic E-state index is -4.47. The summed E-state index contributed by atoms with van der Waals surface area (Å²) < 4.78 is 37.8. The molecule has 1 unspecified atom stereocenters. The van der Waals surface area contributed by atoms with Crippen molar-refractivity contribution in [3.05, 3.63) is 0 Å². The SMILES string of the molecule is OC1(C(F)(F)F)[C@@H]2CC[C@H]1CNC2. The Hall–Kier alpha value is -0.290. The summed E-state index contributed by atoms with van der Waals surface area (Å²) in [6.45, 7) is 0.568. The Morgan fingerprint density at radius 1 is 1.15 bits per heavy atom. The molecule has 2 aliphatic rings. The first-order chi connectivity index (χ1) is 5.96. The Balaban J connectivity index is 2.31. The molecular formula is C8H12F3NO. The van der Waals surface area contributed by atoms with E-state index in [2.05, 4.69) is 5.32 Å². The maximum Gasteiger partial charge on any atom is 0.417 e. The lowest BCUT2D eigenvalue weighted by Crippen LogP contribution is -2.60. The van der Waals surface area contributed by atoms with Crippen molar-refractivity contribution in [2.75, 3.05) is 13.1 Å². The fourth-order valence-electron chi connectivity index (χ4n) is 2.59. The van der Waals surface area contributed by atoms with Gasteiger partial charge in [0.1, 0.15) is 0 Å². The van der Waals surface area contributed by atoms with Gasteiger partial charge in [0.15, 0.2) is 5.60 Å². The third kappa shape index (κ3) is 1.10. The van der Waals surface area contributed by atoms with Crippen LogP contribution in [0, 0.1) is 11.8 Å². The summed E-state index contributed by atoms with van der Waals surface area (Å²) in [7, 11) is 0. The molecule has 1 aliphatic heterocycles. The van der Waals surface area contributed by atoms with Crippen LogP contribution in [0.2, 0.25) is 0 Å². The summed E-state index contributed by atoms with van der Waals surface area (Å²) in [5, 5.41) is 12.6. The number of rotatable bonds is 0. The zero-order chi connectivity index (χ0) is 9.69. The molecule has 0 aromatic rings. The number of fused-ring (bicyclic) bond motifs is 2. The normalized spacial score (nSPS) is 45.2. The molecular weight excluding hydrogens is 183 g/mol. The smallest absolute Gasteiger partial charge is 0.380 e. The molecule has 0 spiro atoms. The summed E-state index contributed by atoms with van der Waals surface area (Å²) in [6.07, 6.45) is -3.51. The van der Waals surface area contributed by atoms with Crippen LogP contribution < -0.4 is 5.32 Å². The molecule has 2 N–H and O–H groups in total. The predicted octanol–water partition coefficient (Wildman–Crippen LogP) is 0.909. The molecule has 2 bridgehead atoms. The molecule has 0 aromatic heterocycles. The van der Waals surface area contributed by atoms with Gasteiger partial charge in [-0.2, -0.15) is 13.2 Å². The molecule has 0 amide bonds. The minimum absolute atomic E-state index is 0.284. The topological polar surface area (TPSA) is 32.3 Å². The molecule has 1 saturated heterocycles. The van der Waals surface area contributed by atoms with Crippen molar-refractivity contribution in [1.82, 2.24) is 5.32 Å². The molecule has 13 heavy (non-hydrogen) atoms. The predicted molar refractivity (Wildman–Crippen MR) is 40.1 cm³/mol. The van der Waals surface area contributed by atoms with Gasteiger partial charge < -0.3 is 10.4 Å². The molecule has 2 fully saturated rings. The Kier molecular flexibility index (Phi) is 1.86. The molecule has 2 nitrogen and oxygen atoms in total. The van der Waals surface area contributed by atoms with Crippen molar-refractivity contribution < 1.29 is 18.3 Å². The number of hydrogen-bond donors (Lipinski definition) is 2. The van der Waals surface area contributed by atoms with Crippen molar-refractivity contribution in [3.8, 4) is 0 Å². The van der Waals surface area contributed by atoms with Gasteiger partial charge in [0.25, 0.3) is 0 Å². The van der Waals surface area contributed by atoms with Crippen LogP contribution >= 0.6 is 0 Å². The molecule has 3 atom stereocenters. The fourth-order valence-corrected chi connectivity index (χ4v) is 2.59. The number of hydrogen-bond acceptors (Lipinski definition) is 2. The van der Waals surface area contributed by atoms with E-state index in [9.17, 15) is 18.3 Å². The zero-order valence-corrected chi connectivity index (χ0v) is 7.06. The van der Waals surface area contributed by atoms with Crippen LogP contribution in [0.3, 0.4) is 0 Å². The summed E-state index contributed by atoms with van der Waals surface area (Å²) in [5.41, 5.74) is -2.42. The highest BCUT2D eigenvalue weighted by atomic mass is 19.4. The highest BCUT2D eigenvalue weighted by Gasteiger charge is 2.66. The lowest BCUT2D eigenvalue weighted by molar-refractivity contribution is -0.291.